The molecule has 2 N–H and O–H groups in total. The van der Waals surface area contributed by atoms with Gasteiger partial charge in [0.15, 0.2) is 5.65 Å². The van der Waals surface area contributed by atoms with Crippen molar-refractivity contribution < 1.29 is 22.7 Å². The molecule has 0 unspecified atom stereocenters. The first-order valence-electron chi connectivity index (χ1n) is 8.75. The number of aromatic nitrogens is 3. The Labute approximate surface area is 161 Å². The van der Waals surface area contributed by atoms with E-state index in [4.69, 9.17) is 0 Å². The Hall–Kier alpha value is -3.50. The lowest BCUT2D eigenvalue weighted by molar-refractivity contribution is -0.274. The number of carbonyl (C=O) groups is 1. The molecule has 11 heteroatoms. The van der Waals surface area contributed by atoms with Crippen molar-refractivity contribution in [3.8, 4) is 5.75 Å². The molecule has 1 aliphatic rings. The van der Waals surface area contributed by atoms with Crippen molar-refractivity contribution in [1.82, 2.24) is 24.8 Å². The zero-order valence-corrected chi connectivity index (χ0v) is 15.0. The molecule has 2 amide bonds. The van der Waals surface area contributed by atoms with Crippen LogP contribution in [0.3, 0.4) is 0 Å². The molecule has 1 aliphatic heterocycles. The average Bonchev–Trinajstić information content (AvgIpc) is 3.14. The van der Waals surface area contributed by atoms with Gasteiger partial charge in [-0.05, 0) is 24.1 Å². The number of halogens is 3. The normalized spacial score (nSPS) is 14.0. The molecule has 0 aliphatic carbocycles. The Morgan fingerprint density at radius 3 is 2.72 bits per heavy atom. The lowest BCUT2D eigenvalue weighted by Gasteiger charge is -2.27. The topological polar surface area (TPSA) is 91.7 Å². The Morgan fingerprint density at radius 2 is 2.00 bits per heavy atom. The van der Waals surface area contributed by atoms with Gasteiger partial charge in [-0.15, -0.1) is 13.2 Å². The summed E-state index contributed by atoms with van der Waals surface area (Å²) in [5.41, 5.74) is 2.07. The third-order valence-electron chi connectivity index (χ3n) is 4.58. The number of hydrogen-bond donors (Lipinski definition) is 2. The zero-order valence-electron chi connectivity index (χ0n) is 15.0. The Bertz CT molecular complexity index is 1100. The molecular formula is C18H16F3N5O3. The van der Waals surface area contributed by atoms with Gasteiger partial charge in [0.1, 0.15) is 5.75 Å². The van der Waals surface area contributed by atoms with Gasteiger partial charge in [0.05, 0.1) is 12.2 Å². The van der Waals surface area contributed by atoms with E-state index in [0.29, 0.717) is 35.4 Å². The van der Waals surface area contributed by atoms with Gasteiger partial charge in [0.2, 0.25) is 0 Å². The minimum atomic E-state index is -4.75. The van der Waals surface area contributed by atoms with Crippen LogP contribution in [0, 0.1) is 0 Å². The summed E-state index contributed by atoms with van der Waals surface area (Å²) in [5, 5.41) is 5.52. The molecule has 152 valence electrons. The summed E-state index contributed by atoms with van der Waals surface area (Å²) in [6.45, 7) is 0.707. The van der Waals surface area contributed by atoms with Crippen LogP contribution in [-0.4, -0.2) is 38.4 Å². The molecule has 2 aromatic heterocycles. The number of carbonyl (C=O) groups excluding carboxylic acids is 1. The van der Waals surface area contributed by atoms with Crippen molar-refractivity contribution in [1.29, 1.82) is 0 Å². The number of fused-ring (bicyclic) bond motifs is 2. The van der Waals surface area contributed by atoms with Gasteiger partial charge in [-0.25, -0.2) is 14.3 Å². The number of benzene rings is 1. The van der Waals surface area contributed by atoms with E-state index in [1.165, 1.54) is 28.8 Å². The summed E-state index contributed by atoms with van der Waals surface area (Å²) in [5.74, 6) is -0.325. The van der Waals surface area contributed by atoms with Crippen LogP contribution in [0.5, 0.6) is 5.75 Å². The third kappa shape index (κ3) is 4.03. The molecule has 4 rings (SSSR count). The van der Waals surface area contributed by atoms with E-state index in [1.54, 1.807) is 17.2 Å². The Kier molecular flexibility index (Phi) is 4.65. The van der Waals surface area contributed by atoms with E-state index in [-0.39, 0.29) is 30.4 Å². The van der Waals surface area contributed by atoms with Crippen molar-refractivity contribution >= 4 is 11.7 Å². The number of nitrogens with one attached hydrogen (secondary N) is 2. The lowest BCUT2D eigenvalue weighted by atomic mass is 10.1. The van der Waals surface area contributed by atoms with Crippen molar-refractivity contribution in [3.63, 3.8) is 0 Å². The molecule has 0 fully saturated rings. The first kappa shape index (κ1) is 18.8. The molecule has 3 heterocycles. The minimum absolute atomic E-state index is 0.140. The monoisotopic (exact) mass is 407 g/mol. The van der Waals surface area contributed by atoms with Crippen LogP contribution in [0.25, 0.3) is 5.65 Å². The fourth-order valence-electron chi connectivity index (χ4n) is 3.20. The average molecular weight is 407 g/mol. The number of aromatic amines is 1. The van der Waals surface area contributed by atoms with Crippen LogP contribution >= 0.6 is 0 Å². The highest BCUT2D eigenvalue weighted by atomic mass is 19.4. The fraction of sp³-hybridized carbons (Fsp3) is 0.278. The molecule has 0 saturated carbocycles. The molecule has 0 bridgehead atoms. The summed E-state index contributed by atoms with van der Waals surface area (Å²) in [6, 6.07) is 6.59. The third-order valence-corrected chi connectivity index (χ3v) is 4.58. The first-order valence-corrected chi connectivity index (χ1v) is 8.75. The summed E-state index contributed by atoms with van der Waals surface area (Å²) in [4.78, 5) is 30.9. The van der Waals surface area contributed by atoms with Crippen LogP contribution in [0.15, 0.2) is 41.3 Å². The van der Waals surface area contributed by atoms with Gasteiger partial charge >= 0.3 is 12.4 Å². The zero-order chi connectivity index (χ0) is 20.6. The molecule has 29 heavy (non-hydrogen) atoms. The number of amides is 2. The maximum Gasteiger partial charge on any atom is 0.573 e. The SMILES string of the molecule is O=C(NCc1ccc(OC(F)(F)F)cc1)N1CCc2c(nc3cc[nH]n3c2=O)C1. The molecular weight excluding hydrogens is 391 g/mol. The van der Waals surface area contributed by atoms with Gasteiger partial charge in [0, 0.05) is 30.9 Å². The number of ether oxygens (including phenoxy) is 1. The molecule has 8 nitrogen and oxygen atoms in total. The minimum Gasteiger partial charge on any atom is -0.406 e. The van der Waals surface area contributed by atoms with Gasteiger partial charge in [-0.1, -0.05) is 12.1 Å². The van der Waals surface area contributed by atoms with Gasteiger partial charge < -0.3 is 15.0 Å². The van der Waals surface area contributed by atoms with Crippen molar-refractivity contribution in [3.05, 3.63) is 63.7 Å². The van der Waals surface area contributed by atoms with E-state index in [0.717, 1.165) is 0 Å². The quantitative estimate of drug-likeness (QED) is 0.696. The van der Waals surface area contributed by atoms with E-state index in [1.807, 2.05) is 0 Å². The lowest BCUT2D eigenvalue weighted by Crippen LogP contribution is -2.44. The summed E-state index contributed by atoms with van der Waals surface area (Å²) < 4.78 is 41.7. The maximum atomic E-state index is 12.5. The van der Waals surface area contributed by atoms with Crippen LogP contribution in [0.4, 0.5) is 18.0 Å². The molecule has 0 saturated heterocycles. The van der Waals surface area contributed by atoms with Gasteiger partial charge in [-0.3, -0.25) is 9.89 Å². The standard InChI is InChI=1S/C18H16F3N5O3/c19-18(20,21)29-12-3-1-11(2-4-12)9-22-17(28)25-8-6-13-14(10-25)24-15-5-7-23-26(15)16(13)27/h1-5,7,23H,6,8-10H2,(H,22,28). The Balaban J connectivity index is 1.39. The van der Waals surface area contributed by atoms with Gasteiger partial charge in [-0.2, -0.15) is 0 Å². The first-order chi connectivity index (χ1) is 13.8. The highest BCUT2D eigenvalue weighted by Gasteiger charge is 2.31. The predicted molar refractivity (Wildman–Crippen MR) is 95.3 cm³/mol. The van der Waals surface area contributed by atoms with Crippen LogP contribution in [0.1, 0.15) is 16.8 Å². The summed E-state index contributed by atoms with van der Waals surface area (Å²) in [7, 11) is 0. The van der Waals surface area contributed by atoms with Crippen molar-refractivity contribution in [2.75, 3.05) is 6.54 Å². The molecule has 0 spiro atoms. The fourth-order valence-corrected chi connectivity index (χ4v) is 3.20. The van der Waals surface area contributed by atoms with E-state index in [9.17, 15) is 22.8 Å². The number of hydrogen-bond acceptors (Lipinski definition) is 4. The predicted octanol–water partition coefficient (Wildman–Crippen LogP) is 2.19. The Morgan fingerprint density at radius 1 is 1.24 bits per heavy atom. The van der Waals surface area contributed by atoms with Gasteiger partial charge in [0.25, 0.3) is 5.56 Å². The molecule has 1 aromatic carbocycles. The van der Waals surface area contributed by atoms with E-state index >= 15 is 0 Å². The van der Waals surface area contributed by atoms with Crippen LogP contribution < -0.4 is 15.6 Å². The molecule has 0 atom stereocenters. The second kappa shape index (κ2) is 7.15. The van der Waals surface area contributed by atoms with Crippen molar-refractivity contribution in [2.24, 2.45) is 0 Å². The van der Waals surface area contributed by atoms with E-state index < -0.39 is 6.36 Å². The molecule has 0 radical (unpaired) electrons. The maximum absolute atomic E-state index is 12.5. The second-order valence-electron chi connectivity index (χ2n) is 6.52. The van der Waals surface area contributed by atoms with Crippen molar-refractivity contribution in [2.45, 2.75) is 25.9 Å². The van der Waals surface area contributed by atoms with E-state index in [2.05, 4.69) is 20.1 Å². The molecule has 3 aromatic rings. The number of rotatable bonds is 3. The number of urea groups is 1. The highest BCUT2D eigenvalue weighted by Crippen LogP contribution is 2.22. The number of H-pyrrole nitrogens is 1. The second-order valence-corrected chi connectivity index (χ2v) is 6.52. The van der Waals surface area contributed by atoms with Crippen LogP contribution in [0.2, 0.25) is 0 Å². The largest absolute Gasteiger partial charge is 0.573 e. The summed E-state index contributed by atoms with van der Waals surface area (Å²) >= 11 is 0. The number of alkyl halides is 3. The van der Waals surface area contributed by atoms with Crippen LogP contribution in [-0.2, 0) is 19.5 Å². The number of nitrogens with zero attached hydrogens (tertiary/aromatic N) is 3. The summed E-state index contributed by atoms with van der Waals surface area (Å²) in [6.07, 6.45) is -2.74. The highest BCUT2D eigenvalue weighted by molar-refractivity contribution is 5.74. The smallest absolute Gasteiger partial charge is 0.406 e.